The van der Waals surface area contributed by atoms with Crippen LogP contribution in [0.15, 0.2) is 0 Å². The van der Waals surface area contributed by atoms with Crippen LogP contribution in [0.4, 0.5) is 0 Å². The van der Waals surface area contributed by atoms with Gasteiger partial charge < -0.3 is 16.0 Å². The quantitative estimate of drug-likeness (QED) is 0.461. The second-order valence-electron chi connectivity index (χ2n) is 1.50. The maximum atomic E-state index is 2.75. The molecular weight excluding hydrogens is 126 g/mol. The van der Waals surface area contributed by atoms with Crippen molar-refractivity contribution in [3.05, 3.63) is 0 Å². The molecule has 0 saturated carbocycles. The first-order chi connectivity index (χ1) is 4.24. The van der Waals surface area contributed by atoms with Gasteiger partial charge in [0.2, 0.25) is 0 Å². The molecular formula is C7H25N3. The van der Waals surface area contributed by atoms with Crippen molar-refractivity contribution < 1.29 is 0 Å². The van der Waals surface area contributed by atoms with Crippen molar-refractivity contribution in [1.82, 2.24) is 16.0 Å². The van der Waals surface area contributed by atoms with Crippen LogP contribution in [0, 0.1) is 0 Å². The van der Waals surface area contributed by atoms with Crippen LogP contribution < -0.4 is 16.0 Å². The van der Waals surface area contributed by atoms with Gasteiger partial charge in [-0.25, -0.2) is 0 Å². The molecule has 68 valence electrons. The molecule has 10 heavy (non-hydrogen) atoms. The second kappa shape index (κ2) is 66.5. The van der Waals surface area contributed by atoms with Gasteiger partial charge in [-0.05, 0) is 42.3 Å². The van der Waals surface area contributed by atoms with Crippen LogP contribution >= 0.6 is 0 Å². The SMILES string of the molecule is C.CNC.CNC.CNC. The molecule has 0 rings (SSSR count). The summed E-state index contributed by atoms with van der Waals surface area (Å²) in [4.78, 5) is 0. The molecule has 3 nitrogen and oxygen atoms in total. The average Bonchev–Trinajstić information content (AvgIpc) is 1.70. The maximum Gasteiger partial charge on any atom is -0.0167 e. The van der Waals surface area contributed by atoms with E-state index >= 15 is 0 Å². The van der Waals surface area contributed by atoms with Gasteiger partial charge in [0, 0.05) is 0 Å². The Bertz CT molecular complexity index is 13.6. The molecule has 0 atom stereocenters. The smallest absolute Gasteiger partial charge is 0.0167 e. The van der Waals surface area contributed by atoms with Crippen LogP contribution in [0.3, 0.4) is 0 Å². The molecule has 0 aromatic carbocycles. The van der Waals surface area contributed by atoms with Crippen LogP contribution in [-0.4, -0.2) is 42.3 Å². The third-order valence-electron chi connectivity index (χ3n) is 0. The molecule has 0 amide bonds. The number of nitrogens with one attached hydrogen (secondary N) is 3. The molecule has 3 N–H and O–H groups in total. The summed E-state index contributed by atoms with van der Waals surface area (Å²) in [7, 11) is 11.2. The molecule has 0 heterocycles. The molecule has 3 heteroatoms. The fourth-order valence-corrected chi connectivity index (χ4v) is 0. The summed E-state index contributed by atoms with van der Waals surface area (Å²) in [6, 6.07) is 0. The van der Waals surface area contributed by atoms with Gasteiger partial charge in [-0.3, -0.25) is 0 Å². The molecule has 0 fully saturated rings. The highest BCUT2D eigenvalue weighted by molar-refractivity contribution is 3.91. The van der Waals surface area contributed by atoms with Crippen molar-refractivity contribution in [3.8, 4) is 0 Å². The molecule has 0 unspecified atom stereocenters. The zero-order chi connectivity index (χ0) is 8.12. The van der Waals surface area contributed by atoms with Gasteiger partial charge in [0.15, 0.2) is 0 Å². The average molecular weight is 151 g/mol. The van der Waals surface area contributed by atoms with Crippen molar-refractivity contribution in [3.63, 3.8) is 0 Å². The Morgan fingerprint density at radius 2 is 0.500 bits per heavy atom. The largest absolute Gasteiger partial charge is 0.323 e. The second-order valence-corrected chi connectivity index (χ2v) is 1.50. The molecule has 0 spiro atoms. The van der Waals surface area contributed by atoms with Crippen LogP contribution in [0.1, 0.15) is 7.43 Å². The molecule has 0 aliphatic heterocycles. The predicted molar refractivity (Wildman–Crippen MR) is 51.7 cm³/mol. The normalized spacial score (nSPS) is 5.40. The summed E-state index contributed by atoms with van der Waals surface area (Å²) in [5.74, 6) is 0. The monoisotopic (exact) mass is 151 g/mol. The van der Waals surface area contributed by atoms with E-state index < -0.39 is 0 Å². The molecule has 0 bridgehead atoms. The highest BCUT2D eigenvalue weighted by Crippen LogP contribution is 0.987. The topological polar surface area (TPSA) is 36.1 Å². The van der Waals surface area contributed by atoms with Crippen LogP contribution in [0.25, 0.3) is 0 Å². The number of rotatable bonds is 0. The minimum Gasteiger partial charge on any atom is -0.323 e. The summed E-state index contributed by atoms with van der Waals surface area (Å²) in [6.45, 7) is 0. The van der Waals surface area contributed by atoms with E-state index in [4.69, 9.17) is 0 Å². The van der Waals surface area contributed by atoms with E-state index in [1.165, 1.54) is 0 Å². The summed E-state index contributed by atoms with van der Waals surface area (Å²) < 4.78 is 0. The van der Waals surface area contributed by atoms with Gasteiger partial charge in [-0.2, -0.15) is 0 Å². The van der Waals surface area contributed by atoms with E-state index in [0.29, 0.717) is 0 Å². The van der Waals surface area contributed by atoms with Crippen molar-refractivity contribution in [2.75, 3.05) is 42.3 Å². The number of hydrogen-bond acceptors (Lipinski definition) is 3. The lowest BCUT2D eigenvalue weighted by atomic mass is 11.3. The molecule has 0 aliphatic carbocycles. The van der Waals surface area contributed by atoms with Crippen LogP contribution in [-0.2, 0) is 0 Å². The predicted octanol–water partition coefficient (Wildman–Crippen LogP) is 0.143. The fraction of sp³-hybridized carbons (Fsp3) is 1.00. The van der Waals surface area contributed by atoms with Gasteiger partial charge >= 0.3 is 0 Å². The highest BCUT2D eigenvalue weighted by atomic mass is 14.7. The van der Waals surface area contributed by atoms with Gasteiger partial charge in [0.05, 0.1) is 0 Å². The zero-order valence-corrected chi connectivity index (χ0v) is 7.50. The van der Waals surface area contributed by atoms with Gasteiger partial charge in [-0.1, -0.05) is 7.43 Å². The Hall–Kier alpha value is -0.120. The van der Waals surface area contributed by atoms with Gasteiger partial charge in [0.25, 0.3) is 0 Å². The summed E-state index contributed by atoms with van der Waals surface area (Å²) in [5, 5.41) is 8.25. The third-order valence-corrected chi connectivity index (χ3v) is 0. The molecule has 0 aromatic heterocycles. The summed E-state index contributed by atoms with van der Waals surface area (Å²) >= 11 is 0. The first-order valence-electron chi connectivity index (χ1n) is 3.00. The first-order valence-corrected chi connectivity index (χ1v) is 3.00. The van der Waals surface area contributed by atoms with E-state index in [1.54, 1.807) is 0 Å². The van der Waals surface area contributed by atoms with Crippen LogP contribution in [0.5, 0.6) is 0 Å². The standard InChI is InChI=1S/3C2H7N.CH4/c3*1-3-2;/h3*3H,1-2H3;1H4. The van der Waals surface area contributed by atoms with E-state index in [0.717, 1.165) is 0 Å². The molecule has 0 saturated heterocycles. The molecule has 0 aliphatic rings. The van der Waals surface area contributed by atoms with Gasteiger partial charge in [-0.15, -0.1) is 0 Å². The minimum absolute atomic E-state index is 0. The Balaban J connectivity index is -0.0000000257. The van der Waals surface area contributed by atoms with E-state index in [9.17, 15) is 0 Å². The Morgan fingerprint density at radius 3 is 0.500 bits per heavy atom. The van der Waals surface area contributed by atoms with Crippen molar-refractivity contribution in [2.45, 2.75) is 7.43 Å². The highest BCUT2D eigenvalue weighted by Gasteiger charge is 1.26. The lowest BCUT2D eigenvalue weighted by molar-refractivity contribution is 1.02. The van der Waals surface area contributed by atoms with Crippen molar-refractivity contribution in [1.29, 1.82) is 0 Å². The molecule has 0 radical (unpaired) electrons. The first kappa shape index (κ1) is 22.5. The van der Waals surface area contributed by atoms with Gasteiger partial charge in [0.1, 0.15) is 0 Å². The number of hydrogen-bond donors (Lipinski definition) is 3. The minimum atomic E-state index is 0. The fourth-order valence-electron chi connectivity index (χ4n) is 0. The zero-order valence-electron chi connectivity index (χ0n) is 7.50. The lowest BCUT2D eigenvalue weighted by Crippen LogP contribution is -1.89. The van der Waals surface area contributed by atoms with Crippen LogP contribution in [0.2, 0.25) is 0 Å². The van der Waals surface area contributed by atoms with E-state index in [1.807, 2.05) is 42.3 Å². The molecule has 0 aromatic rings. The summed E-state index contributed by atoms with van der Waals surface area (Å²) in [6.07, 6.45) is 0. The third kappa shape index (κ3) is 25900. The van der Waals surface area contributed by atoms with E-state index in [2.05, 4.69) is 16.0 Å². The van der Waals surface area contributed by atoms with E-state index in [-0.39, 0.29) is 7.43 Å². The Labute approximate surface area is 66.6 Å². The Kier molecular flexibility index (Phi) is 150. The Morgan fingerprint density at radius 1 is 0.500 bits per heavy atom. The summed E-state index contributed by atoms with van der Waals surface area (Å²) in [5.41, 5.74) is 0. The van der Waals surface area contributed by atoms with Crippen molar-refractivity contribution in [2.24, 2.45) is 0 Å². The van der Waals surface area contributed by atoms with Crippen molar-refractivity contribution >= 4 is 0 Å². The lowest BCUT2D eigenvalue weighted by Gasteiger charge is -1.59. The maximum absolute atomic E-state index is 2.75.